The van der Waals surface area contributed by atoms with E-state index in [-0.39, 0.29) is 12.5 Å². The topological polar surface area (TPSA) is 108 Å². The Hall–Kier alpha value is -4.65. The number of carbonyl (C=O) groups excluding carboxylic acids is 2. The maximum absolute atomic E-state index is 12.9. The van der Waals surface area contributed by atoms with Crippen molar-refractivity contribution in [3.05, 3.63) is 102 Å². The van der Waals surface area contributed by atoms with Crippen molar-refractivity contribution in [2.75, 3.05) is 22.5 Å². The van der Waals surface area contributed by atoms with Gasteiger partial charge in [-0.15, -0.1) is 0 Å². The van der Waals surface area contributed by atoms with Crippen LogP contribution >= 0.6 is 0 Å². The van der Waals surface area contributed by atoms with Crippen LogP contribution in [0.25, 0.3) is 10.8 Å². The number of carboxylic acid groups (broad SMARTS) is 1. The summed E-state index contributed by atoms with van der Waals surface area (Å²) in [5.74, 6) is -1.71. The lowest BCUT2D eigenvalue weighted by molar-refractivity contribution is -0.134. The van der Waals surface area contributed by atoms with Crippen LogP contribution in [-0.4, -0.2) is 29.4 Å². The first-order valence-corrected chi connectivity index (χ1v) is 10.3. The van der Waals surface area contributed by atoms with E-state index in [1.54, 1.807) is 54.6 Å². The van der Waals surface area contributed by atoms with E-state index in [2.05, 4.69) is 16.0 Å². The molecule has 0 unspecified atom stereocenters. The Kier molecular flexibility index (Phi) is 6.31. The lowest BCUT2D eigenvalue weighted by Crippen LogP contribution is -2.18. The normalized spacial score (nSPS) is 10.4. The molecule has 4 N–H and O–H groups in total. The molecule has 0 aliphatic heterocycles. The van der Waals surface area contributed by atoms with E-state index in [0.717, 1.165) is 10.8 Å². The molecule has 2 amide bonds. The average molecular weight is 439 g/mol. The predicted molar refractivity (Wildman–Crippen MR) is 129 cm³/mol. The third-order valence-electron chi connectivity index (χ3n) is 5.00. The number of carbonyl (C=O) groups is 3. The van der Waals surface area contributed by atoms with Gasteiger partial charge in [0.15, 0.2) is 0 Å². The Bertz CT molecular complexity index is 1350. The van der Waals surface area contributed by atoms with Gasteiger partial charge in [-0.1, -0.05) is 48.5 Å². The maximum Gasteiger partial charge on any atom is 0.322 e. The standard InChI is InChI=1S/C26H21N3O4/c30-24(31)16-27-20-8-5-9-21(15-20)28-26(33)22-10-3-4-11-23(22)29-25(32)19-13-12-17-6-1-2-7-18(17)14-19/h1-15,27H,16H2,(H,28,33)(H,29,32)(H,30,31). The molecule has 0 aromatic heterocycles. The zero-order valence-corrected chi connectivity index (χ0v) is 17.5. The van der Waals surface area contributed by atoms with Crippen LogP contribution in [0.3, 0.4) is 0 Å². The van der Waals surface area contributed by atoms with Gasteiger partial charge < -0.3 is 21.1 Å². The van der Waals surface area contributed by atoms with Crippen molar-refractivity contribution in [3.63, 3.8) is 0 Å². The SMILES string of the molecule is O=C(O)CNc1cccc(NC(=O)c2ccccc2NC(=O)c2ccc3ccccc3c2)c1. The van der Waals surface area contributed by atoms with Crippen LogP contribution in [0.1, 0.15) is 20.7 Å². The summed E-state index contributed by atoms with van der Waals surface area (Å²) in [6.07, 6.45) is 0. The van der Waals surface area contributed by atoms with Gasteiger partial charge >= 0.3 is 5.97 Å². The van der Waals surface area contributed by atoms with Crippen LogP contribution < -0.4 is 16.0 Å². The molecule has 0 bridgehead atoms. The van der Waals surface area contributed by atoms with E-state index in [0.29, 0.717) is 28.2 Å². The Labute approximate surface area is 190 Å². The highest BCUT2D eigenvalue weighted by Gasteiger charge is 2.15. The molecule has 0 radical (unpaired) electrons. The minimum atomic E-state index is -0.986. The number of fused-ring (bicyclic) bond motifs is 1. The molecule has 0 fully saturated rings. The van der Waals surface area contributed by atoms with E-state index in [4.69, 9.17) is 5.11 Å². The lowest BCUT2D eigenvalue weighted by Gasteiger charge is -2.13. The van der Waals surface area contributed by atoms with Crippen LogP contribution in [0.2, 0.25) is 0 Å². The first-order chi connectivity index (χ1) is 16.0. The van der Waals surface area contributed by atoms with Gasteiger partial charge in [0.2, 0.25) is 0 Å². The van der Waals surface area contributed by atoms with Gasteiger partial charge in [-0.3, -0.25) is 14.4 Å². The van der Waals surface area contributed by atoms with Gasteiger partial charge in [0.25, 0.3) is 11.8 Å². The molecule has 7 nitrogen and oxygen atoms in total. The fourth-order valence-corrected chi connectivity index (χ4v) is 3.40. The summed E-state index contributed by atoms with van der Waals surface area (Å²) in [4.78, 5) is 36.5. The molecule has 4 aromatic carbocycles. The second kappa shape index (κ2) is 9.65. The van der Waals surface area contributed by atoms with Crippen molar-refractivity contribution in [1.29, 1.82) is 0 Å². The van der Waals surface area contributed by atoms with Gasteiger partial charge in [0, 0.05) is 16.9 Å². The highest BCUT2D eigenvalue weighted by molar-refractivity contribution is 6.13. The number of para-hydroxylation sites is 1. The second-order valence-corrected chi connectivity index (χ2v) is 7.34. The van der Waals surface area contributed by atoms with Crippen LogP contribution in [0.4, 0.5) is 17.1 Å². The van der Waals surface area contributed by atoms with Gasteiger partial charge in [0.05, 0.1) is 11.3 Å². The van der Waals surface area contributed by atoms with Gasteiger partial charge in [-0.05, 0) is 53.2 Å². The summed E-state index contributed by atoms with van der Waals surface area (Å²) >= 11 is 0. The van der Waals surface area contributed by atoms with E-state index in [1.807, 2.05) is 36.4 Å². The third kappa shape index (κ3) is 5.34. The van der Waals surface area contributed by atoms with E-state index >= 15 is 0 Å². The number of benzene rings is 4. The summed E-state index contributed by atoms with van der Waals surface area (Å²) in [6, 6.07) is 26.7. The number of rotatable bonds is 7. The molecule has 7 heteroatoms. The molecule has 4 aromatic rings. The predicted octanol–water partition coefficient (Wildman–Crippen LogP) is 4.84. The Morgan fingerprint density at radius 1 is 0.667 bits per heavy atom. The first-order valence-electron chi connectivity index (χ1n) is 10.3. The smallest absolute Gasteiger partial charge is 0.322 e. The zero-order chi connectivity index (χ0) is 23.2. The largest absolute Gasteiger partial charge is 0.480 e. The van der Waals surface area contributed by atoms with Crippen molar-refractivity contribution in [1.82, 2.24) is 0 Å². The van der Waals surface area contributed by atoms with Crippen molar-refractivity contribution in [3.8, 4) is 0 Å². The zero-order valence-electron chi connectivity index (χ0n) is 17.5. The quantitative estimate of drug-likeness (QED) is 0.330. The molecule has 164 valence electrons. The van der Waals surface area contributed by atoms with E-state index in [9.17, 15) is 14.4 Å². The highest BCUT2D eigenvalue weighted by Crippen LogP contribution is 2.21. The molecule has 0 spiro atoms. The fourth-order valence-electron chi connectivity index (χ4n) is 3.40. The monoisotopic (exact) mass is 439 g/mol. The summed E-state index contributed by atoms with van der Waals surface area (Å²) in [5.41, 5.74) is 2.23. The minimum absolute atomic E-state index is 0.235. The number of carboxylic acids is 1. The lowest BCUT2D eigenvalue weighted by atomic mass is 10.1. The fraction of sp³-hybridized carbons (Fsp3) is 0.0385. The van der Waals surface area contributed by atoms with Crippen molar-refractivity contribution in [2.24, 2.45) is 0 Å². The Balaban J connectivity index is 1.51. The molecule has 0 atom stereocenters. The van der Waals surface area contributed by atoms with Gasteiger partial charge in [0.1, 0.15) is 6.54 Å². The number of nitrogens with one attached hydrogen (secondary N) is 3. The maximum atomic E-state index is 12.9. The highest BCUT2D eigenvalue weighted by atomic mass is 16.4. The number of hydrogen-bond acceptors (Lipinski definition) is 4. The third-order valence-corrected chi connectivity index (χ3v) is 5.00. The minimum Gasteiger partial charge on any atom is -0.480 e. The summed E-state index contributed by atoms with van der Waals surface area (Å²) in [5, 5.41) is 19.2. The summed E-state index contributed by atoms with van der Waals surface area (Å²) < 4.78 is 0. The number of amides is 2. The van der Waals surface area contributed by atoms with Crippen LogP contribution in [0.15, 0.2) is 91.0 Å². The first kappa shape index (κ1) is 21.6. The molecule has 0 saturated heterocycles. The molecule has 0 aliphatic carbocycles. The average Bonchev–Trinajstić information content (AvgIpc) is 2.83. The van der Waals surface area contributed by atoms with Gasteiger partial charge in [-0.2, -0.15) is 0 Å². The molecule has 0 heterocycles. The Morgan fingerprint density at radius 2 is 1.39 bits per heavy atom. The van der Waals surface area contributed by atoms with Crippen molar-refractivity contribution >= 4 is 45.6 Å². The van der Waals surface area contributed by atoms with Crippen molar-refractivity contribution in [2.45, 2.75) is 0 Å². The molecule has 4 rings (SSSR count). The van der Waals surface area contributed by atoms with Crippen molar-refractivity contribution < 1.29 is 19.5 Å². The number of anilines is 3. The summed E-state index contributed by atoms with van der Waals surface area (Å²) in [6.45, 7) is -0.235. The molecule has 0 saturated carbocycles. The van der Waals surface area contributed by atoms with Crippen LogP contribution in [0, 0.1) is 0 Å². The second-order valence-electron chi connectivity index (χ2n) is 7.34. The van der Waals surface area contributed by atoms with Crippen LogP contribution in [-0.2, 0) is 4.79 Å². The molecule has 33 heavy (non-hydrogen) atoms. The summed E-state index contributed by atoms with van der Waals surface area (Å²) in [7, 11) is 0. The number of hydrogen-bond donors (Lipinski definition) is 4. The molecular formula is C26H21N3O4. The van der Waals surface area contributed by atoms with E-state index < -0.39 is 11.9 Å². The molecule has 0 aliphatic rings. The molecular weight excluding hydrogens is 418 g/mol. The van der Waals surface area contributed by atoms with Crippen LogP contribution in [0.5, 0.6) is 0 Å². The van der Waals surface area contributed by atoms with E-state index in [1.165, 1.54) is 0 Å². The van der Waals surface area contributed by atoms with Gasteiger partial charge in [-0.25, -0.2) is 0 Å². The Morgan fingerprint density at radius 3 is 2.21 bits per heavy atom. The number of aliphatic carboxylic acids is 1.